The molecule has 1 aromatic carbocycles. The molecule has 0 saturated carbocycles. The summed E-state index contributed by atoms with van der Waals surface area (Å²) in [5.74, 6) is 0.827. The summed E-state index contributed by atoms with van der Waals surface area (Å²) in [6.45, 7) is 4.09. The van der Waals surface area contributed by atoms with Crippen molar-refractivity contribution >= 4 is 6.03 Å². The summed E-state index contributed by atoms with van der Waals surface area (Å²) in [6.07, 6.45) is 0.808. The SMILES string of the molecule is CCC(O)CCNC(=O)NC(C)c1noc(-c2ccccc2)n1. The zero-order valence-electron chi connectivity index (χ0n) is 13.3. The van der Waals surface area contributed by atoms with E-state index in [-0.39, 0.29) is 12.1 Å². The molecule has 7 heteroatoms. The predicted octanol–water partition coefficient (Wildman–Crippen LogP) is 2.26. The molecule has 2 unspecified atom stereocenters. The maximum Gasteiger partial charge on any atom is 0.315 e. The molecule has 1 aromatic heterocycles. The zero-order valence-corrected chi connectivity index (χ0v) is 13.3. The second kappa shape index (κ2) is 8.28. The summed E-state index contributed by atoms with van der Waals surface area (Å²) in [5.41, 5.74) is 0.830. The number of aliphatic hydroxyl groups is 1. The number of nitrogens with one attached hydrogen (secondary N) is 2. The maximum absolute atomic E-state index is 11.8. The van der Waals surface area contributed by atoms with Crippen LogP contribution in [0.3, 0.4) is 0 Å². The molecule has 3 N–H and O–H groups in total. The van der Waals surface area contributed by atoms with E-state index in [1.165, 1.54) is 0 Å². The minimum absolute atomic E-state index is 0.327. The van der Waals surface area contributed by atoms with Gasteiger partial charge in [0, 0.05) is 12.1 Å². The Hall–Kier alpha value is -2.41. The minimum atomic E-state index is -0.390. The fourth-order valence-electron chi connectivity index (χ4n) is 1.98. The Morgan fingerprint density at radius 1 is 1.35 bits per heavy atom. The van der Waals surface area contributed by atoms with Crippen LogP contribution in [-0.4, -0.2) is 33.9 Å². The first-order chi connectivity index (χ1) is 11.1. The predicted molar refractivity (Wildman–Crippen MR) is 85.6 cm³/mol. The van der Waals surface area contributed by atoms with Crippen LogP contribution in [0.5, 0.6) is 0 Å². The van der Waals surface area contributed by atoms with Crippen LogP contribution in [0.4, 0.5) is 4.79 Å². The van der Waals surface area contributed by atoms with E-state index in [2.05, 4.69) is 20.8 Å². The van der Waals surface area contributed by atoms with Crippen LogP contribution in [0.15, 0.2) is 34.9 Å². The number of nitrogens with zero attached hydrogens (tertiary/aromatic N) is 2. The fraction of sp³-hybridized carbons (Fsp3) is 0.438. The monoisotopic (exact) mass is 318 g/mol. The highest BCUT2D eigenvalue weighted by Gasteiger charge is 2.16. The number of hydrogen-bond acceptors (Lipinski definition) is 5. The Bertz CT molecular complexity index is 615. The van der Waals surface area contributed by atoms with Crippen molar-refractivity contribution in [3.8, 4) is 11.5 Å². The third-order valence-electron chi connectivity index (χ3n) is 3.43. The number of urea groups is 1. The summed E-state index contributed by atoms with van der Waals surface area (Å²) in [4.78, 5) is 16.1. The standard InChI is InChI=1S/C16H22N4O3/c1-3-13(21)9-10-17-16(22)18-11(2)14-19-15(23-20-14)12-7-5-4-6-8-12/h4-8,11,13,21H,3,9-10H2,1-2H3,(H2,17,18,22). The van der Waals surface area contributed by atoms with Gasteiger partial charge in [0.15, 0.2) is 5.82 Å². The molecular formula is C16H22N4O3. The second-order valence-electron chi connectivity index (χ2n) is 5.30. The molecule has 0 saturated heterocycles. The number of hydrogen-bond donors (Lipinski definition) is 3. The normalized spacial score (nSPS) is 13.3. The van der Waals surface area contributed by atoms with Crippen molar-refractivity contribution in [2.75, 3.05) is 6.54 Å². The number of aromatic nitrogens is 2. The maximum atomic E-state index is 11.8. The van der Waals surface area contributed by atoms with Crippen LogP contribution < -0.4 is 10.6 Å². The minimum Gasteiger partial charge on any atom is -0.393 e. The largest absolute Gasteiger partial charge is 0.393 e. The molecular weight excluding hydrogens is 296 g/mol. The van der Waals surface area contributed by atoms with Gasteiger partial charge in [-0.3, -0.25) is 0 Å². The first-order valence-electron chi connectivity index (χ1n) is 7.71. The highest BCUT2D eigenvalue weighted by Crippen LogP contribution is 2.18. The van der Waals surface area contributed by atoms with Gasteiger partial charge in [-0.15, -0.1) is 0 Å². The smallest absolute Gasteiger partial charge is 0.315 e. The molecule has 2 amide bonds. The van der Waals surface area contributed by atoms with Gasteiger partial charge in [0.1, 0.15) is 0 Å². The lowest BCUT2D eigenvalue weighted by molar-refractivity contribution is 0.160. The Labute approximate surface area is 135 Å². The average Bonchev–Trinajstić information content (AvgIpc) is 3.05. The van der Waals surface area contributed by atoms with Crippen LogP contribution in [0, 0.1) is 0 Å². The summed E-state index contributed by atoms with van der Waals surface area (Å²) in [5, 5.41) is 18.8. The van der Waals surface area contributed by atoms with Gasteiger partial charge in [-0.1, -0.05) is 30.3 Å². The van der Waals surface area contributed by atoms with Crippen LogP contribution in [0.25, 0.3) is 11.5 Å². The number of aliphatic hydroxyl groups excluding tert-OH is 1. The molecule has 0 bridgehead atoms. The molecule has 7 nitrogen and oxygen atoms in total. The summed E-state index contributed by atoms with van der Waals surface area (Å²) < 4.78 is 5.21. The summed E-state index contributed by atoms with van der Waals surface area (Å²) >= 11 is 0. The van der Waals surface area contributed by atoms with E-state index in [0.29, 0.717) is 31.1 Å². The van der Waals surface area contributed by atoms with Gasteiger partial charge in [-0.2, -0.15) is 4.98 Å². The van der Waals surface area contributed by atoms with Crippen molar-refractivity contribution in [3.05, 3.63) is 36.2 Å². The molecule has 124 valence electrons. The molecule has 1 heterocycles. The van der Waals surface area contributed by atoms with Crippen molar-refractivity contribution in [2.45, 2.75) is 38.8 Å². The van der Waals surface area contributed by atoms with E-state index in [0.717, 1.165) is 5.56 Å². The van der Waals surface area contributed by atoms with Crippen molar-refractivity contribution in [1.29, 1.82) is 0 Å². The lowest BCUT2D eigenvalue weighted by atomic mass is 10.2. The molecule has 0 aliphatic carbocycles. The summed E-state index contributed by atoms with van der Waals surface area (Å²) in [7, 11) is 0. The highest BCUT2D eigenvalue weighted by atomic mass is 16.5. The lowest BCUT2D eigenvalue weighted by Crippen LogP contribution is -2.38. The van der Waals surface area contributed by atoms with E-state index in [1.54, 1.807) is 6.92 Å². The molecule has 0 aliphatic rings. The fourth-order valence-corrected chi connectivity index (χ4v) is 1.98. The molecule has 0 spiro atoms. The molecule has 2 atom stereocenters. The number of carbonyl (C=O) groups is 1. The van der Waals surface area contributed by atoms with Gasteiger partial charge in [-0.25, -0.2) is 4.79 Å². The van der Waals surface area contributed by atoms with Crippen molar-refractivity contribution in [1.82, 2.24) is 20.8 Å². The van der Waals surface area contributed by atoms with E-state index < -0.39 is 6.10 Å². The van der Waals surface area contributed by atoms with Crippen molar-refractivity contribution < 1.29 is 14.4 Å². The Kier molecular flexibility index (Phi) is 6.10. The first-order valence-corrected chi connectivity index (χ1v) is 7.71. The topological polar surface area (TPSA) is 100 Å². The third-order valence-corrected chi connectivity index (χ3v) is 3.43. The Morgan fingerprint density at radius 3 is 2.78 bits per heavy atom. The van der Waals surface area contributed by atoms with Gasteiger partial charge in [0.05, 0.1) is 12.1 Å². The zero-order chi connectivity index (χ0) is 16.7. The Morgan fingerprint density at radius 2 is 2.09 bits per heavy atom. The van der Waals surface area contributed by atoms with Crippen molar-refractivity contribution in [2.24, 2.45) is 0 Å². The van der Waals surface area contributed by atoms with Gasteiger partial charge in [0.25, 0.3) is 5.89 Å². The highest BCUT2D eigenvalue weighted by molar-refractivity contribution is 5.74. The van der Waals surface area contributed by atoms with Crippen molar-refractivity contribution in [3.63, 3.8) is 0 Å². The molecule has 0 aliphatic heterocycles. The van der Waals surface area contributed by atoms with Crippen LogP contribution in [0.1, 0.15) is 38.6 Å². The average molecular weight is 318 g/mol. The lowest BCUT2D eigenvalue weighted by Gasteiger charge is -2.12. The van der Waals surface area contributed by atoms with E-state index in [4.69, 9.17) is 4.52 Å². The molecule has 2 aromatic rings. The molecule has 0 radical (unpaired) electrons. The second-order valence-corrected chi connectivity index (χ2v) is 5.30. The van der Waals surface area contributed by atoms with E-state index in [1.807, 2.05) is 37.3 Å². The van der Waals surface area contributed by atoms with Gasteiger partial charge in [-0.05, 0) is 31.9 Å². The van der Waals surface area contributed by atoms with E-state index >= 15 is 0 Å². The quantitative estimate of drug-likeness (QED) is 0.727. The first kappa shape index (κ1) is 17.0. The summed E-state index contributed by atoms with van der Waals surface area (Å²) in [6, 6.07) is 8.73. The molecule has 2 rings (SSSR count). The van der Waals surface area contributed by atoms with Gasteiger partial charge >= 0.3 is 6.03 Å². The van der Waals surface area contributed by atoms with Crippen LogP contribution >= 0.6 is 0 Å². The molecule has 0 fully saturated rings. The number of rotatable bonds is 7. The number of benzene rings is 1. The Balaban J connectivity index is 1.85. The van der Waals surface area contributed by atoms with Gasteiger partial charge in [0.2, 0.25) is 0 Å². The van der Waals surface area contributed by atoms with E-state index in [9.17, 15) is 9.90 Å². The van der Waals surface area contributed by atoms with Crippen LogP contribution in [-0.2, 0) is 0 Å². The number of carbonyl (C=O) groups excluding carboxylic acids is 1. The number of amides is 2. The van der Waals surface area contributed by atoms with Gasteiger partial charge < -0.3 is 20.3 Å². The molecule has 23 heavy (non-hydrogen) atoms. The third kappa shape index (κ3) is 5.07. The van der Waals surface area contributed by atoms with Crippen LogP contribution in [0.2, 0.25) is 0 Å².